The molecule has 0 radical (unpaired) electrons. The van der Waals surface area contributed by atoms with Gasteiger partial charge < -0.3 is 5.32 Å². The standard InChI is InChI=1S/C31H46BrNO6S2/c1-17(2)29(25-8-9-26(32)40-25)33-27(35)14-18(3)21-6-7-22-28-23(11-13-31(21,22)5)30(4)12-10-20(34)15-19(30)16-24(28)39-41(36,37)38/h8-9,17-19,21-24,28-29H,6-7,10-16H2,1-5H3,(H,33,35)(H,36,37,38)/t18-,19+,21-,22+,23+,24-,28+,29+,30+,31-/m1/s1. The molecular weight excluding hydrogens is 626 g/mol. The predicted molar refractivity (Wildman–Crippen MR) is 164 cm³/mol. The number of halogens is 1. The Bertz CT molecular complexity index is 1260. The summed E-state index contributed by atoms with van der Waals surface area (Å²) in [5.74, 6) is 1.74. The molecule has 1 heterocycles. The molecule has 10 heteroatoms. The molecule has 4 aliphatic rings. The maximum absolute atomic E-state index is 13.4. The van der Waals surface area contributed by atoms with Crippen molar-refractivity contribution >= 4 is 49.4 Å². The normalized spacial score (nSPS) is 38.6. The topological polar surface area (TPSA) is 110 Å². The van der Waals surface area contributed by atoms with Gasteiger partial charge in [-0.25, -0.2) is 4.18 Å². The number of fused-ring (bicyclic) bond motifs is 5. The highest BCUT2D eigenvalue weighted by atomic mass is 79.9. The molecule has 230 valence electrons. The lowest BCUT2D eigenvalue weighted by Crippen LogP contribution is -2.59. The number of ketones is 1. The third kappa shape index (κ3) is 6.11. The van der Waals surface area contributed by atoms with Crippen molar-refractivity contribution in [2.75, 3.05) is 0 Å². The van der Waals surface area contributed by atoms with Crippen molar-refractivity contribution in [2.45, 2.75) is 105 Å². The summed E-state index contributed by atoms with van der Waals surface area (Å²) in [7, 11) is -4.62. The zero-order valence-corrected chi connectivity index (χ0v) is 28.1. The Morgan fingerprint density at radius 2 is 1.85 bits per heavy atom. The van der Waals surface area contributed by atoms with E-state index in [1.165, 1.54) is 0 Å². The molecule has 0 bridgehead atoms. The second-order valence-electron chi connectivity index (χ2n) is 14.4. The van der Waals surface area contributed by atoms with Gasteiger partial charge in [0.05, 0.1) is 15.9 Å². The van der Waals surface area contributed by atoms with Crippen LogP contribution in [0.15, 0.2) is 15.9 Å². The van der Waals surface area contributed by atoms with Crippen LogP contribution in [0.5, 0.6) is 0 Å². The van der Waals surface area contributed by atoms with Gasteiger partial charge in [-0.1, -0.05) is 34.6 Å². The van der Waals surface area contributed by atoms with Crippen LogP contribution in [0, 0.1) is 52.3 Å². The van der Waals surface area contributed by atoms with Gasteiger partial charge in [-0.15, -0.1) is 11.3 Å². The number of amides is 1. The summed E-state index contributed by atoms with van der Waals surface area (Å²) >= 11 is 5.20. The Balaban J connectivity index is 1.34. The third-order valence-electron chi connectivity index (χ3n) is 11.9. The molecule has 0 aromatic carbocycles. The van der Waals surface area contributed by atoms with Crippen molar-refractivity contribution in [1.82, 2.24) is 5.32 Å². The van der Waals surface area contributed by atoms with Gasteiger partial charge in [0.15, 0.2) is 0 Å². The average molecular weight is 673 g/mol. The number of carbonyl (C=O) groups is 2. The van der Waals surface area contributed by atoms with E-state index in [4.69, 9.17) is 4.18 Å². The molecule has 0 aliphatic heterocycles. The van der Waals surface area contributed by atoms with Crippen molar-refractivity contribution in [3.05, 3.63) is 20.8 Å². The van der Waals surface area contributed by atoms with Crippen molar-refractivity contribution in [3.63, 3.8) is 0 Å². The first-order chi connectivity index (χ1) is 19.1. The van der Waals surface area contributed by atoms with E-state index in [9.17, 15) is 22.6 Å². The van der Waals surface area contributed by atoms with Crippen LogP contribution in [0.4, 0.5) is 0 Å². The van der Waals surface area contributed by atoms with Gasteiger partial charge in [-0.3, -0.25) is 14.1 Å². The molecule has 2 N–H and O–H groups in total. The number of hydrogen-bond acceptors (Lipinski definition) is 6. The molecule has 1 aromatic rings. The summed E-state index contributed by atoms with van der Waals surface area (Å²) in [6.45, 7) is 11.1. The van der Waals surface area contributed by atoms with Gasteiger partial charge in [0, 0.05) is 24.1 Å². The number of hydrogen-bond donors (Lipinski definition) is 2. The van der Waals surface area contributed by atoms with Crippen LogP contribution in [0.2, 0.25) is 0 Å². The van der Waals surface area contributed by atoms with E-state index in [1.807, 2.05) is 6.07 Å². The van der Waals surface area contributed by atoms with Crippen LogP contribution in [0.1, 0.15) is 103 Å². The molecule has 5 rings (SSSR count). The zero-order chi connectivity index (χ0) is 29.9. The van der Waals surface area contributed by atoms with E-state index < -0.39 is 16.5 Å². The number of nitrogens with one attached hydrogen (secondary N) is 1. The molecule has 0 saturated heterocycles. The molecule has 0 unspecified atom stereocenters. The van der Waals surface area contributed by atoms with Crippen LogP contribution in [0.25, 0.3) is 0 Å². The van der Waals surface area contributed by atoms with E-state index >= 15 is 0 Å². The molecule has 4 aliphatic carbocycles. The molecule has 1 aromatic heterocycles. The van der Waals surface area contributed by atoms with Gasteiger partial charge in [-0.2, -0.15) is 8.42 Å². The Morgan fingerprint density at radius 1 is 1.15 bits per heavy atom. The Morgan fingerprint density at radius 3 is 2.49 bits per heavy atom. The Kier molecular flexibility index (Phi) is 8.94. The first kappa shape index (κ1) is 31.6. The van der Waals surface area contributed by atoms with Crippen LogP contribution < -0.4 is 5.32 Å². The predicted octanol–water partition coefficient (Wildman–Crippen LogP) is 7.38. The van der Waals surface area contributed by atoms with E-state index in [0.717, 1.165) is 40.8 Å². The van der Waals surface area contributed by atoms with E-state index in [1.54, 1.807) is 11.3 Å². The Labute approximate surface area is 258 Å². The molecule has 4 fully saturated rings. The molecule has 4 saturated carbocycles. The largest absolute Gasteiger partial charge is 0.397 e. The summed E-state index contributed by atoms with van der Waals surface area (Å²) in [6, 6.07) is 4.08. The smallest absolute Gasteiger partial charge is 0.348 e. The number of rotatable bonds is 8. The Hall–Kier alpha value is -0.810. The number of carbonyl (C=O) groups excluding carboxylic acids is 2. The first-order valence-corrected chi connectivity index (χ1v) is 18.3. The van der Waals surface area contributed by atoms with Crippen molar-refractivity contribution in [2.24, 2.45) is 52.3 Å². The second-order valence-corrected chi connectivity index (χ2v) is 17.9. The third-order valence-corrected chi connectivity index (χ3v) is 14.1. The SMILES string of the molecule is CC(C)[C@H](NC(=O)C[C@@H](C)[C@H]1CC[C@H]2[C@@H]3[C@H](OS(=O)(=O)O)C[C@@H]4CC(=O)CC[C@]4(C)[C@H]3CC[C@]12C)c1ccc(Br)s1. The van der Waals surface area contributed by atoms with Crippen molar-refractivity contribution < 1.29 is 26.7 Å². The van der Waals surface area contributed by atoms with E-state index in [-0.39, 0.29) is 64.1 Å². The zero-order valence-electron chi connectivity index (χ0n) is 24.9. The fourth-order valence-electron chi connectivity index (χ4n) is 9.95. The maximum Gasteiger partial charge on any atom is 0.397 e. The van der Waals surface area contributed by atoms with Crippen LogP contribution in [-0.4, -0.2) is 30.8 Å². The lowest BCUT2D eigenvalue weighted by Gasteiger charge is -2.62. The van der Waals surface area contributed by atoms with E-state index in [0.29, 0.717) is 31.6 Å². The van der Waals surface area contributed by atoms with Crippen molar-refractivity contribution in [1.29, 1.82) is 0 Å². The monoisotopic (exact) mass is 671 g/mol. The van der Waals surface area contributed by atoms with Crippen LogP contribution in [0.3, 0.4) is 0 Å². The first-order valence-electron chi connectivity index (χ1n) is 15.3. The van der Waals surface area contributed by atoms with E-state index in [2.05, 4.69) is 61.9 Å². The number of thiophene rings is 1. The van der Waals surface area contributed by atoms with Gasteiger partial charge in [-0.05, 0) is 119 Å². The highest BCUT2D eigenvalue weighted by molar-refractivity contribution is 9.11. The average Bonchev–Trinajstić information content (AvgIpc) is 3.45. The fraction of sp³-hybridized carbons (Fsp3) is 0.806. The van der Waals surface area contributed by atoms with Crippen molar-refractivity contribution in [3.8, 4) is 0 Å². The summed E-state index contributed by atoms with van der Waals surface area (Å²) in [6.07, 6.45) is 6.22. The van der Waals surface area contributed by atoms with Gasteiger partial charge in [0.25, 0.3) is 0 Å². The molecule has 7 nitrogen and oxygen atoms in total. The molecule has 1 amide bonds. The molecule has 10 atom stereocenters. The summed E-state index contributed by atoms with van der Waals surface area (Å²) in [5.41, 5.74) is -0.0589. The molecular formula is C31H46BrNO6S2. The number of Topliss-reactive ketones (excluding diaryl/α,β-unsaturated/α-hetero) is 1. The van der Waals surface area contributed by atoms with Gasteiger partial charge >= 0.3 is 10.4 Å². The fourth-order valence-corrected chi connectivity index (χ4v) is 12.1. The minimum atomic E-state index is -4.62. The van der Waals surface area contributed by atoms with Crippen LogP contribution in [-0.2, 0) is 24.2 Å². The lowest BCUT2D eigenvalue weighted by atomic mass is 9.44. The maximum atomic E-state index is 13.4. The van der Waals surface area contributed by atoms with Gasteiger partial charge in [0.1, 0.15) is 5.78 Å². The van der Waals surface area contributed by atoms with Gasteiger partial charge in [0.2, 0.25) is 5.91 Å². The molecule has 41 heavy (non-hydrogen) atoms. The highest BCUT2D eigenvalue weighted by Crippen LogP contribution is 2.68. The summed E-state index contributed by atoms with van der Waals surface area (Å²) in [4.78, 5) is 26.9. The second kappa shape index (κ2) is 11.6. The quantitative estimate of drug-likeness (QED) is 0.279. The summed E-state index contributed by atoms with van der Waals surface area (Å²) < 4.78 is 40.3. The van der Waals surface area contributed by atoms with Crippen LogP contribution >= 0.6 is 27.3 Å². The minimum absolute atomic E-state index is 0.0127. The summed E-state index contributed by atoms with van der Waals surface area (Å²) in [5, 5.41) is 3.31. The molecule has 0 spiro atoms. The minimum Gasteiger partial charge on any atom is -0.348 e. The lowest BCUT2D eigenvalue weighted by molar-refractivity contribution is -0.164. The highest BCUT2D eigenvalue weighted by Gasteiger charge is 2.64.